The van der Waals surface area contributed by atoms with E-state index in [4.69, 9.17) is 27.9 Å². The maximum absolute atomic E-state index is 11.8. The van der Waals surface area contributed by atoms with Crippen molar-refractivity contribution in [3.05, 3.63) is 63.6 Å². The third-order valence-electron chi connectivity index (χ3n) is 3.63. The number of carbonyl (C=O) groups is 1. The lowest BCUT2D eigenvalue weighted by molar-refractivity contribution is -0.123. The molecular formula is C19H21Cl2NO2. The first-order valence-electron chi connectivity index (χ1n) is 7.89. The highest BCUT2D eigenvalue weighted by Crippen LogP contribution is 2.27. The molecule has 0 saturated heterocycles. The molecule has 3 nitrogen and oxygen atoms in total. The fourth-order valence-electron chi connectivity index (χ4n) is 2.20. The monoisotopic (exact) mass is 365 g/mol. The maximum atomic E-state index is 11.8. The molecule has 5 heteroatoms. The average molecular weight is 366 g/mol. The molecular weight excluding hydrogens is 345 g/mol. The van der Waals surface area contributed by atoms with Gasteiger partial charge in [0, 0.05) is 11.6 Å². The lowest BCUT2D eigenvalue weighted by atomic mass is 10.0. The van der Waals surface area contributed by atoms with Gasteiger partial charge in [-0.2, -0.15) is 0 Å². The first-order valence-corrected chi connectivity index (χ1v) is 8.64. The van der Waals surface area contributed by atoms with Crippen molar-refractivity contribution in [2.45, 2.75) is 26.2 Å². The molecule has 0 heterocycles. The van der Waals surface area contributed by atoms with Gasteiger partial charge in [0.05, 0.1) is 5.02 Å². The van der Waals surface area contributed by atoms with Crippen LogP contribution in [0.25, 0.3) is 0 Å². The van der Waals surface area contributed by atoms with Crippen LogP contribution in [0.15, 0.2) is 42.5 Å². The number of halogens is 2. The summed E-state index contributed by atoms with van der Waals surface area (Å²) in [5, 5.41) is 3.75. The average Bonchev–Trinajstić information content (AvgIpc) is 2.54. The molecule has 1 N–H and O–H groups in total. The van der Waals surface area contributed by atoms with Crippen molar-refractivity contribution in [1.29, 1.82) is 0 Å². The van der Waals surface area contributed by atoms with Gasteiger partial charge in [0.1, 0.15) is 5.75 Å². The molecule has 2 aromatic rings. The zero-order valence-electron chi connectivity index (χ0n) is 13.8. The van der Waals surface area contributed by atoms with Crippen molar-refractivity contribution < 1.29 is 9.53 Å². The van der Waals surface area contributed by atoms with E-state index < -0.39 is 0 Å². The lowest BCUT2D eigenvalue weighted by Crippen LogP contribution is -2.30. The van der Waals surface area contributed by atoms with E-state index in [2.05, 4.69) is 43.4 Å². The Labute approximate surface area is 152 Å². The Hall–Kier alpha value is -1.71. The lowest BCUT2D eigenvalue weighted by Gasteiger charge is -2.10. The van der Waals surface area contributed by atoms with E-state index >= 15 is 0 Å². The molecule has 0 unspecified atom stereocenters. The van der Waals surface area contributed by atoms with Crippen LogP contribution in [0.3, 0.4) is 0 Å². The Morgan fingerprint density at radius 2 is 1.83 bits per heavy atom. The van der Waals surface area contributed by atoms with E-state index in [9.17, 15) is 4.79 Å². The highest BCUT2D eigenvalue weighted by molar-refractivity contribution is 6.35. The molecule has 0 aliphatic heterocycles. The Bertz CT molecular complexity index is 684. The van der Waals surface area contributed by atoms with Crippen molar-refractivity contribution in [3.63, 3.8) is 0 Å². The van der Waals surface area contributed by atoms with E-state index in [-0.39, 0.29) is 12.5 Å². The van der Waals surface area contributed by atoms with E-state index in [0.717, 1.165) is 6.42 Å². The van der Waals surface area contributed by atoms with Gasteiger partial charge < -0.3 is 10.1 Å². The van der Waals surface area contributed by atoms with Crippen LogP contribution in [-0.2, 0) is 11.2 Å². The third-order valence-corrected chi connectivity index (χ3v) is 4.17. The van der Waals surface area contributed by atoms with Crippen molar-refractivity contribution in [3.8, 4) is 5.75 Å². The molecule has 0 radical (unpaired) electrons. The van der Waals surface area contributed by atoms with Gasteiger partial charge in [-0.15, -0.1) is 0 Å². The second kappa shape index (κ2) is 8.95. The molecule has 0 saturated carbocycles. The van der Waals surface area contributed by atoms with Gasteiger partial charge in [0.15, 0.2) is 6.61 Å². The summed E-state index contributed by atoms with van der Waals surface area (Å²) in [7, 11) is 0. The maximum Gasteiger partial charge on any atom is 0.257 e. The third kappa shape index (κ3) is 5.73. The van der Waals surface area contributed by atoms with Gasteiger partial charge in [-0.25, -0.2) is 0 Å². The Morgan fingerprint density at radius 3 is 2.46 bits per heavy atom. The summed E-state index contributed by atoms with van der Waals surface area (Å²) >= 11 is 11.8. The second-order valence-corrected chi connectivity index (χ2v) is 6.70. The highest BCUT2D eigenvalue weighted by atomic mass is 35.5. The van der Waals surface area contributed by atoms with Crippen LogP contribution in [0.4, 0.5) is 0 Å². The minimum Gasteiger partial charge on any atom is -0.482 e. The topological polar surface area (TPSA) is 38.3 Å². The summed E-state index contributed by atoms with van der Waals surface area (Å²) in [5.74, 6) is 0.788. The molecule has 2 aromatic carbocycles. The fourth-order valence-corrected chi connectivity index (χ4v) is 2.67. The van der Waals surface area contributed by atoms with Crippen LogP contribution in [-0.4, -0.2) is 19.1 Å². The Morgan fingerprint density at radius 1 is 1.12 bits per heavy atom. The summed E-state index contributed by atoms with van der Waals surface area (Å²) in [4.78, 5) is 11.8. The number of hydrogen-bond acceptors (Lipinski definition) is 2. The molecule has 24 heavy (non-hydrogen) atoms. The molecule has 0 atom stereocenters. The molecule has 0 aromatic heterocycles. The zero-order chi connectivity index (χ0) is 17.5. The molecule has 1 amide bonds. The number of amides is 1. The van der Waals surface area contributed by atoms with Crippen molar-refractivity contribution in [2.75, 3.05) is 13.2 Å². The van der Waals surface area contributed by atoms with Gasteiger partial charge in [-0.1, -0.05) is 61.3 Å². The van der Waals surface area contributed by atoms with Crippen molar-refractivity contribution >= 4 is 29.1 Å². The molecule has 0 bridgehead atoms. The predicted octanol–water partition coefficient (Wildman–Crippen LogP) is 4.85. The molecule has 0 spiro atoms. The van der Waals surface area contributed by atoms with Crippen LogP contribution in [0.5, 0.6) is 5.75 Å². The molecule has 0 aliphatic carbocycles. The molecule has 128 valence electrons. The summed E-state index contributed by atoms with van der Waals surface area (Å²) < 4.78 is 5.40. The highest BCUT2D eigenvalue weighted by Gasteiger charge is 2.06. The van der Waals surface area contributed by atoms with Gasteiger partial charge >= 0.3 is 0 Å². The number of rotatable bonds is 7. The SMILES string of the molecule is CC(C)c1ccc(CCNC(=O)COc2ccc(Cl)cc2Cl)cc1. The number of hydrogen-bond donors (Lipinski definition) is 1. The summed E-state index contributed by atoms with van der Waals surface area (Å²) in [6.45, 7) is 4.83. The zero-order valence-corrected chi connectivity index (χ0v) is 15.3. The van der Waals surface area contributed by atoms with E-state index in [1.165, 1.54) is 11.1 Å². The van der Waals surface area contributed by atoms with Crippen LogP contribution >= 0.6 is 23.2 Å². The quantitative estimate of drug-likeness (QED) is 0.760. The number of benzene rings is 2. The van der Waals surface area contributed by atoms with Crippen LogP contribution < -0.4 is 10.1 Å². The van der Waals surface area contributed by atoms with E-state index in [1.54, 1.807) is 18.2 Å². The van der Waals surface area contributed by atoms with Crippen LogP contribution in [0.1, 0.15) is 30.9 Å². The van der Waals surface area contributed by atoms with E-state index in [1.807, 2.05) is 0 Å². The predicted molar refractivity (Wildman–Crippen MR) is 99.2 cm³/mol. The minimum absolute atomic E-state index is 0.0758. The first-order chi connectivity index (χ1) is 11.5. The summed E-state index contributed by atoms with van der Waals surface area (Å²) in [6, 6.07) is 13.4. The van der Waals surface area contributed by atoms with Gasteiger partial charge in [0.2, 0.25) is 0 Å². The normalized spacial score (nSPS) is 10.7. The Kier molecular flexibility index (Phi) is 6.95. The van der Waals surface area contributed by atoms with Crippen molar-refractivity contribution in [1.82, 2.24) is 5.32 Å². The molecule has 0 fully saturated rings. The van der Waals surface area contributed by atoms with Gasteiger partial charge in [-0.3, -0.25) is 4.79 Å². The van der Waals surface area contributed by atoms with Gasteiger partial charge in [0.25, 0.3) is 5.91 Å². The summed E-state index contributed by atoms with van der Waals surface area (Å²) in [5.41, 5.74) is 2.51. The number of nitrogens with one attached hydrogen (secondary N) is 1. The number of carbonyl (C=O) groups excluding carboxylic acids is 1. The minimum atomic E-state index is -0.181. The summed E-state index contributed by atoms with van der Waals surface area (Å²) in [6.07, 6.45) is 0.784. The fraction of sp³-hybridized carbons (Fsp3) is 0.316. The van der Waals surface area contributed by atoms with Gasteiger partial charge in [-0.05, 0) is 41.7 Å². The van der Waals surface area contributed by atoms with Crippen LogP contribution in [0.2, 0.25) is 10.0 Å². The largest absolute Gasteiger partial charge is 0.482 e. The van der Waals surface area contributed by atoms with E-state index in [0.29, 0.717) is 28.3 Å². The van der Waals surface area contributed by atoms with Crippen molar-refractivity contribution in [2.24, 2.45) is 0 Å². The first kappa shape index (κ1) is 18.6. The molecule has 0 aliphatic rings. The number of ether oxygens (including phenoxy) is 1. The van der Waals surface area contributed by atoms with Crippen LogP contribution in [0, 0.1) is 0 Å². The molecule has 2 rings (SSSR count). The Balaban J connectivity index is 1.73. The second-order valence-electron chi connectivity index (χ2n) is 5.86. The smallest absolute Gasteiger partial charge is 0.257 e. The standard InChI is InChI=1S/C19H21Cl2NO2/c1-13(2)15-5-3-14(4-6-15)9-10-22-19(23)12-24-18-8-7-16(20)11-17(18)21/h3-8,11,13H,9-10,12H2,1-2H3,(H,22,23).